The van der Waals surface area contributed by atoms with E-state index in [1.54, 1.807) is 6.92 Å². The Balaban J connectivity index is 1.56. The van der Waals surface area contributed by atoms with Gasteiger partial charge in [-0.25, -0.2) is 0 Å². The molecule has 0 bridgehead atoms. The van der Waals surface area contributed by atoms with Gasteiger partial charge in [0, 0.05) is 30.4 Å². The van der Waals surface area contributed by atoms with Crippen LogP contribution in [0.4, 0.5) is 0 Å². The highest BCUT2D eigenvalue weighted by molar-refractivity contribution is 8.14. The van der Waals surface area contributed by atoms with Gasteiger partial charge < -0.3 is 4.74 Å². The first-order valence-corrected chi connectivity index (χ1v) is 12.2. The van der Waals surface area contributed by atoms with Crippen molar-refractivity contribution in [3.8, 4) is 0 Å². The Hall–Kier alpha value is -1.10. The lowest BCUT2D eigenvalue weighted by molar-refractivity contribution is -0.167. The molecule has 29 heavy (non-hydrogen) atoms. The third-order valence-electron chi connectivity index (χ3n) is 9.61. The smallest absolute Gasteiger partial charge is 0.306 e. The maximum absolute atomic E-state index is 12.2. The lowest BCUT2D eigenvalue weighted by Crippen LogP contribution is -2.57. The highest BCUT2D eigenvalue weighted by Crippen LogP contribution is 2.70. The van der Waals surface area contributed by atoms with Gasteiger partial charge in [-0.05, 0) is 74.2 Å². The second-order valence-electron chi connectivity index (χ2n) is 10.7. The van der Waals surface area contributed by atoms with Gasteiger partial charge in [-0.2, -0.15) is 0 Å². The Morgan fingerprint density at radius 3 is 2.52 bits per heavy atom. The van der Waals surface area contributed by atoms with E-state index in [4.69, 9.17) is 4.74 Å². The molecule has 4 fully saturated rings. The summed E-state index contributed by atoms with van der Waals surface area (Å²) in [5, 5.41) is 0.409. The van der Waals surface area contributed by atoms with Crippen LogP contribution in [0, 0.1) is 28.6 Å². The topological polar surface area (TPSA) is 60.4 Å². The Morgan fingerprint density at radius 2 is 1.83 bits per heavy atom. The standard InChI is InChI=1S/C24H32O4S/c1-14(25)29-19-13-15-12-16(26)4-8-22(15,2)17-5-9-23(3)18(21(17)19)6-10-24(23)11-7-20(27)28-24/h12,17-19,21H,4-11,13H2,1-3H3/t17?,18?,19-,21?,22+,23+,24+/m1/s1. The Labute approximate surface area is 177 Å². The molecule has 5 heteroatoms. The highest BCUT2D eigenvalue weighted by Gasteiger charge is 2.68. The molecule has 0 radical (unpaired) electrons. The van der Waals surface area contributed by atoms with E-state index in [-0.39, 0.29) is 38.5 Å². The number of fused-ring (bicyclic) bond motifs is 6. The number of allylic oxidation sites excluding steroid dienone is 1. The molecule has 1 aliphatic heterocycles. The minimum Gasteiger partial charge on any atom is -0.458 e. The van der Waals surface area contributed by atoms with Crippen molar-refractivity contribution in [2.75, 3.05) is 0 Å². The zero-order valence-corrected chi connectivity index (χ0v) is 18.6. The van der Waals surface area contributed by atoms with Crippen molar-refractivity contribution in [2.45, 2.75) is 89.4 Å². The summed E-state index contributed by atoms with van der Waals surface area (Å²) in [5.41, 5.74) is 1.09. The molecule has 4 aliphatic carbocycles. The van der Waals surface area contributed by atoms with Gasteiger partial charge in [-0.1, -0.05) is 31.2 Å². The number of esters is 1. The zero-order valence-electron chi connectivity index (χ0n) is 17.8. The third kappa shape index (κ3) is 2.68. The van der Waals surface area contributed by atoms with Gasteiger partial charge >= 0.3 is 5.97 Å². The van der Waals surface area contributed by atoms with E-state index >= 15 is 0 Å². The first-order chi connectivity index (χ1) is 13.7. The molecule has 0 amide bonds. The van der Waals surface area contributed by atoms with Crippen LogP contribution in [-0.4, -0.2) is 27.7 Å². The summed E-state index contributed by atoms with van der Waals surface area (Å²) in [7, 11) is 0. The molecular weight excluding hydrogens is 384 g/mol. The fourth-order valence-corrected chi connectivity index (χ4v) is 9.36. The predicted octanol–water partition coefficient (Wildman–Crippen LogP) is 4.85. The Kier molecular flexibility index (Phi) is 4.41. The van der Waals surface area contributed by atoms with Crippen molar-refractivity contribution in [3.05, 3.63) is 11.6 Å². The fraction of sp³-hybridized carbons (Fsp3) is 0.792. The highest BCUT2D eigenvalue weighted by atomic mass is 32.2. The van der Waals surface area contributed by atoms with Gasteiger partial charge in [0.15, 0.2) is 10.9 Å². The normalized spacial score (nSPS) is 48.6. The van der Waals surface area contributed by atoms with Gasteiger partial charge in [0.1, 0.15) is 5.60 Å². The maximum Gasteiger partial charge on any atom is 0.306 e. The van der Waals surface area contributed by atoms with Gasteiger partial charge in [0.2, 0.25) is 0 Å². The third-order valence-corrected chi connectivity index (χ3v) is 10.7. The molecule has 4 nitrogen and oxygen atoms in total. The summed E-state index contributed by atoms with van der Waals surface area (Å²) < 4.78 is 6.06. The molecule has 0 aromatic carbocycles. The summed E-state index contributed by atoms with van der Waals surface area (Å²) in [6, 6.07) is 0. The molecule has 5 aliphatic rings. The largest absolute Gasteiger partial charge is 0.458 e. The molecule has 1 saturated heterocycles. The van der Waals surface area contributed by atoms with Crippen LogP contribution >= 0.6 is 11.8 Å². The van der Waals surface area contributed by atoms with Gasteiger partial charge in [0.05, 0.1) is 0 Å². The molecule has 158 valence electrons. The van der Waals surface area contributed by atoms with Crippen LogP contribution in [0.5, 0.6) is 0 Å². The zero-order chi connectivity index (χ0) is 20.6. The number of rotatable bonds is 1. The average Bonchev–Trinajstić information content (AvgIpc) is 3.17. The molecule has 7 atom stereocenters. The van der Waals surface area contributed by atoms with Crippen molar-refractivity contribution in [1.29, 1.82) is 0 Å². The van der Waals surface area contributed by atoms with Gasteiger partial charge in [-0.15, -0.1) is 0 Å². The number of ketones is 1. The van der Waals surface area contributed by atoms with Crippen molar-refractivity contribution in [2.24, 2.45) is 28.6 Å². The van der Waals surface area contributed by atoms with E-state index in [2.05, 4.69) is 13.8 Å². The van der Waals surface area contributed by atoms with Gasteiger partial charge in [-0.3, -0.25) is 14.4 Å². The van der Waals surface area contributed by atoms with Gasteiger partial charge in [0.25, 0.3) is 0 Å². The SMILES string of the molecule is CC(=O)S[C@@H]1CC2=CC(=O)CC[C@]2(C)C2CC[C@@]3(C)C(CC[C@]34CCC(=O)O4)C21. The summed E-state index contributed by atoms with van der Waals surface area (Å²) in [6.07, 6.45) is 10.0. The van der Waals surface area contributed by atoms with Crippen molar-refractivity contribution >= 4 is 28.6 Å². The summed E-state index contributed by atoms with van der Waals surface area (Å²) in [5.74, 6) is 1.67. The molecule has 0 aromatic heterocycles. The summed E-state index contributed by atoms with van der Waals surface area (Å²) >= 11 is 1.50. The quantitative estimate of drug-likeness (QED) is 0.572. The molecule has 0 aromatic rings. The predicted molar refractivity (Wildman–Crippen MR) is 112 cm³/mol. The van der Waals surface area contributed by atoms with Crippen LogP contribution in [0.2, 0.25) is 0 Å². The molecule has 0 N–H and O–H groups in total. The van der Waals surface area contributed by atoms with E-state index < -0.39 is 0 Å². The second-order valence-corrected chi connectivity index (χ2v) is 12.1. The average molecular weight is 417 g/mol. The number of carbonyl (C=O) groups is 3. The van der Waals surface area contributed by atoms with Crippen LogP contribution in [0.25, 0.3) is 0 Å². The summed E-state index contributed by atoms with van der Waals surface area (Å²) in [4.78, 5) is 36.4. The van der Waals surface area contributed by atoms with Crippen LogP contribution in [0.3, 0.4) is 0 Å². The van der Waals surface area contributed by atoms with Crippen LogP contribution in [0.1, 0.15) is 78.6 Å². The first-order valence-electron chi connectivity index (χ1n) is 11.3. The van der Waals surface area contributed by atoms with E-state index in [1.807, 2.05) is 6.08 Å². The lowest BCUT2D eigenvalue weighted by Gasteiger charge is -2.61. The molecule has 3 saturated carbocycles. The number of hydrogen-bond acceptors (Lipinski definition) is 5. The lowest BCUT2D eigenvalue weighted by atomic mass is 9.46. The Bertz CT molecular complexity index is 818. The van der Waals surface area contributed by atoms with Crippen molar-refractivity contribution in [1.82, 2.24) is 0 Å². The number of hydrogen-bond donors (Lipinski definition) is 0. The fourth-order valence-electron chi connectivity index (χ4n) is 8.13. The summed E-state index contributed by atoms with van der Waals surface area (Å²) in [6.45, 7) is 6.42. The minimum absolute atomic E-state index is 0.0119. The maximum atomic E-state index is 12.2. The van der Waals surface area contributed by atoms with Crippen LogP contribution in [-0.2, 0) is 19.1 Å². The Morgan fingerprint density at radius 1 is 1.07 bits per heavy atom. The molecular formula is C24H32O4S. The molecule has 3 unspecified atom stereocenters. The van der Waals surface area contributed by atoms with Crippen molar-refractivity contribution < 1.29 is 19.1 Å². The van der Waals surface area contributed by atoms with E-state index in [1.165, 1.54) is 17.3 Å². The second kappa shape index (κ2) is 6.45. The number of carbonyl (C=O) groups excluding carboxylic acids is 3. The van der Waals surface area contributed by atoms with E-state index in [0.717, 1.165) is 44.9 Å². The number of ether oxygens (including phenoxy) is 1. The molecule has 1 heterocycles. The van der Waals surface area contributed by atoms with Crippen LogP contribution in [0.15, 0.2) is 11.6 Å². The monoisotopic (exact) mass is 416 g/mol. The molecule has 1 spiro atoms. The minimum atomic E-state index is -0.287. The van der Waals surface area contributed by atoms with E-state index in [9.17, 15) is 14.4 Å². The first kappa shape index (κ1) is 19.8. The molecule has 5 rings (SSSR count). The van der Waals surface area contributed by atoms with Crippen LogP contribution < -0.4 is 0 Å². The van der Waals surface area contributed by atoms with E-state index in [0.29, 0.717) is 30.6 Å². The van der Waals surface area contributed by atoms with Crippen molar-refractivity contribution in [3.63, 3.8) is 0 Å². The number of thioether (sulfide) groups is 1.